The Bertz CT molecular complexity index is 903. The summed E-state index contributed by atoms with van der Waals surface area (Å²) >= 11 is 3.29. The predicted molar refractivity (Wildman–Crippen MR) is 115 cm³/mol. The van der Waals surface area contributed by atoms with Crippen molar-refractivity contribution in [2.75, 3.05) is 42.2 Å². The molecule has 2 heterocycles. The van der Waals surface area contributed by atoms with Crippen LogP contribution in [0.4, 0.5) is 17.2 Å². The summed E-state index contributed by atoms with van der Waals surface area (Å²) in [6.07, 6.45) is 2.99. The molecule has 9 heteroatoms. The molecule has 1 aromatic carbocycles. The van der Waals surface area contributed by atoms with Crippen molar-refractivity contribution in [1.82, 2.24) is 9.88 Å². The van der Waals surface area contributed by atoms with Gasteiger partial charge in [0.2, 0.25) is 17.7 Å². The van der Waals surface area contributed by atoms with Crippen molar-refractivity contribution in [2.45, 2.75) is 12.8 Å². The fraction of sp³-hybridized carbons (Fsp3) is 0.300. The lowest BCUT2D eigenvalue weighted by Crippen LogP contribution is -2.36. The third kappa shape index (κ3) is 6.10. The molecule has 3 rings (SSSR count). The van der Waals surface area contributed by atoms with Gasteiger partial charge < -0.3 is 15.5 Å². The highest BCUT2D eigenvalue weighted by molar-refractivity contribution is 9.10. The number of pyridine rings is 1. The molecule has 1 saturated heterocycles. The van der Waals surface area contributed by atoms with E-state index in [4.69, 9.17) is 0 Å². The molecule has 1 aromatic heterocycles. The number of nitrogens with zero attached hydrogens (tertiary/aromatic N) is 3. The zero-order valence-corrected chi connectivity index (χ0v) is 17.6. The number of aromatic nitrogens is 1. The van der Waals surface area contributed by atoms with Crippen molar-refractivity contribution in [3.63, 3.8) is 0 Å². The van der Waals surface area contributed by atoms with Crippen LogP contribution in [0.1, 0.15) is 12.8 Å². The van der Waals surface area contributed by atoms with Gasteiger partial charge in [-0.05, 0) is 59.7 Å². The average Bonchev–Trinajstić information content (AvgIpc) is 3.09. The number of amides is 3. The molecule has 2 aromatic rings. The van der Waals surface area contributed by atoms with Gasteiger partial charge in [-0.2, -0.15) is 0 Å². The minimum atomic E-state index is -0.260. The first-order valence-electron chi connectivity index (χ1n) is 9.21. The molecule has 0 unspecified atom stereocenters. The Labute approximate surface area is 177 Å². The van der Waals surface area contributed by atoms with E-state index in [0.29, 0.717) is 24.5 Å². The van der Waals surface area contributed by atoms with E-state index in [1.54, 1.807) is 53.4 Å². The summed E-state index contributed by atoms with van der Waals surface area (Å²) in [4.78, 5) is 43.7. The first-order valence-corrected chi connectivity index (χ1v) is 10.0. The highest BCUT2D eigenvalue weighted by Gasteiger charge is 2.22. The number of hydrogen-bond donors (Lipinski definition) is 2. The van der Waals surface area contributed by atoms with Gasteiger partial charge in [0.1, 0.15) is 5.82 Å². The number of carbonyl (C=O) groups is 3. The average molecular weight is 460 g/mol. The van der Waals surface area contributed by atoms with Crippen LogP contribution in [-0.4, -0.2) is 54.3 Å². The van der Waals surface area contributed by atoms with Gasteiger partial charge in [0.15, 0.2) is 0 Å². The van der Waals surface area contributed by atoms with E-state index in [-0.39, 0.29) is 30.8 Å². The maximum absolute atomic E-state index is 12.3. The molecular formula is C20H22BrN5O3. The van der Waals surface area contributed by atoms with E-state index in [9.17, 15) is 14.4 Å². The third-order valence-corrected chi connectivity index (χ3v) is 4.81. The second-order valence-electron chi connectivity index (χ2n) is 6.83. The monoisotopic (exact) mass is 459 g/mol. The van der Waals surface area contributed by atoms with Crippen molar-refractivity contribution >= 4 is 50.8 Å². The Hall–Kier alpha value is -2.78. The van der Waals surface area contributed by atoms with Gasteiger partial charge in [0.05, 0.1) is 13.1 Å². The van der Waals surface area contributed by atoms with Gasteiger partial charge in [-0.1, -0.05) is 6.07 Å². The van der Waals surface area contributed by atoms with Crippen LogP contribution in [0, 0.1) is 0 Å². The minimum absolute atomic E-state index is 0.0491. The number of rotatable bonds is 7. The third-order valence-electron chi connectivity index (χ3n) is 4.34. The quantitative estimate of drug-likeness (QED) is 0.662. The fourth-order valence-electron chi connectivity index (χ4n) is 3.05. The summed E-state index contributed by atoms with van der Waals surface area (Å²) in [5.41, 5.74) is 1.39. The van der Waals surface area contributed by atoms with Gasteiger partial charge in [0, 0.05) is 35.0 Å². The molecule has 0 aliphatic carbocycles. The van der Waals surface area contributed by atoms with Crippen molar-refractivity contribution in [3.05, 3.63) is 47.1 Å². The van der Waals surface area contributed by atoms with Gasteiger partial charge in [0.25, 0.3) is 0 Å². The van der Waals surface area contributed by atoms with Crippen LogP contribution in [0.3, 0.4) is 0 Å². The molecule has 0 atom stereocenters. The first-order chi connectivity index (χ1) is 13.9. The maximum atomic E-state index is 12.3. The summed E-state index contributed by atoms with van der Waals surface area (Å²) in [6.45, 7) is 0.794. The highest BCUT2D eigenvalue weighted by atomic mass is 79.9. The van der Waals surface area contributed by atoms with Crippen molar-refractivity contribution in [2.24, 2.45) is 0 Å². The Balaban J connectivity index is 1.49. The number of anilines is 3. The lowest BCUT2D eigenvalue weighted by molar-refractivity contribution is -0.119. The number of halogens is 1. The number of likely N-dealkylation sites (N-methyl/N-ethyl adjacent to an activating group) is 1. The summed E-state index contributed by atoms with van der Waals surface area (Å²) in [5.74, 6) is 0.0421. The molecule has 1 aliphatic heterocycles. The Kier molecular flexibility index (Phi) is 6.95. The van der Waals surface area contributed by atoms with Crippen molar-refractivity contribution in [1.29, 1.82) is 0 Å². The maximum Gasteiger partial charge on any atom is 0.239 e. The molecule has 1 fully saturated rings. The molecule has 29 heavy (non-hydrogen) atoms. The molecule has 8 nitrogen and oxygen atoms in total. The van der Waals surface area contributed by atoms with E-state index in [1.807, 2.05) is 6.07 Å². The normalized spacial score (nSPS) is 13.6. The molecule has 2 N–H and O–H groups in total. The second kappa shape index (κ2) is 9.62. The van der Waals surface area contributed by atoms with Crippen LogP contribution in [0.5, 0.6) is 0 Å². The van der Waals surface area contributed by atoms with Crippen LogP contribution in [0.25, 0.3) is 0 Å². The van der Waals surface area contributed by atoms with E-state index in [0.717, 1.165) is 16.6 Å². The van der Waals surface area contributed by atoms with Crippen LogP contribution in [0.2, 0.25) is 0 Å². The van der Waals surface area contributed by atoms with E-state index < -0.39 is 0 Å². The van der Waals surface area contributed by atoms with E-state index >= 15 is 0 Å². The molecule has 3 amide bonds. The zero-order chi connectivity index (χ0) is 20.8. The number of carbonyl (C=O) groups excluding carboxylic acids is 3. The SMILES string of the molecule is CN(CC(=O)Nc1cccc(N2CCCC2=O)c1)CC(=O)Nc1ccc(Br)cn1. The van der Waals surface area contributed by atoms with Crippen molar-refractivity contribution in [3.8, 4) is 0 Å². The molecule has 0 saturated carbocycles. The summed E-state index contributed by atoms with van der Waals surface area (Å²) in [6, 6.07) is 10.7. The molecule has 0 spiro atoms. The number of hydrogen-bond acceptors (Lipinski definition) is 5. The van der Waals surface area contributed by atoms with E-state index in [1.165, 1.54) is 0 Å². The van der Waals surface area contributed by atoms with Gasteiger partial charge in [-0.3, -0.25) is 19.3 Å². The lowest BCUT2D eigenvalue weighted by Gasteiger charge is -2.18. The van der Waals surface area contributed by atoms with Gasteiger partial charge in [-0.15, -0.1) is 0 Å². The Morgan fingerprint density at radius 3 is 2.59 bits per heavy atom. The molecule has 1 aliphatic rings. The zero-order valence-electron chi connectivity index (χ0n) is 16.0. The van der Waals surface area contributed by atoms with Gasteiger partial charge >= 0.3 is 0 Å². The number of benzene rings is 1. The summed E-state index contributed by atoms with van der Waals surface area (Å²) < 4.78 is 0.822. The minimum Gasteiger partial charge on any atom is -0.325 e. The van der Waals surface area contributed by atoms with Gasteiger partial charge in [-0.25, -0.2) is 4.98 Å². The molecular weight excluding hydrogens is 438 g/mol. The standard InChI is InChI=1S/C20H22BrN5O3/c1-25(13-19(28)24-17-8-7-14(21)11-22-17)12-18(27)23-15-4-2-5-16(10-15)26-9-3-6-20(26)29/h2,4-5,7-8,10-11H,3,6,9,12-13H2,1H3,(H,23,27)(H,22,24,28). The number of nitrogens with one attached hydrogen (secondary N) is 2. The topological polar surface area (TPSA) is 94.6 Å². The lowest BCUT2D eigenvalue weighted by atomic mass is 10.2. The fourth-order valence-corrected chi connectivity index (χ4v) is 3.29. The first kappa shape index (κ1) is 20.9. The van der Waals surface area contributed by atoms with Crippen LogP contribution in [0.15, 0.2) is 47.1 Å². The molecule has 152 valence electrons. The second-order valence-corrected chi connectivity index (χ2v) is 7.75. The van der Waals surface area contributed by atoms with E-state index in [2.05, 4.69) is 31.5 Å². The smallest absolute Gasteiger partial charge is 0.239 e. The van der Waals surface area contributed by atoms with Crippen LogP contribution in [-0.2, 0) is 14.4 Å². The highest BCUT2D eigenvalue weighted by Crippen LogP contribution is 2.24. The van der Waals surface area contributed by atoms with Crippen LogP contribution < -0.4 is 15.5 Å². The summed E-state index contributed by atoms with van der Waals surface area (Å²) in [7, 11) is 1.69. The Morgan fingerprint density at radius 2 is 1.93 bits per heavy atom. The summed E-state index contributed by atoms with van der Waals surface area (Å²) in [5, 5.41) is 5.50. The Morgan fingerprint density at radius 1 is 1.17 bits per heavy atom. The largest absolute Gasteiger partial charge is 0.325 e. The molecule has 0 radical (unpaired) electrons. The predicted octanol–water partition coefficient (Wildman–Crippen LogP) is 2.48. The molecule has 0 bridgehead atoms. The van der Waals surface area contributed by atoms with Crippen molar-refractivity contribution < 1.29 is 14.4 Å². The van der Waals surface area contributed by atoms with Crippen LogP contribution >= 0.6 is 15.9 Å².